The number of ether oxygens (including phenoxy) is 1. The topological polar surface area (TPSA) is 86.1 Å². The molecule has 172 valence electrons. The summed E-state index contributed by atoms with van der Waals surface area (Å²) in [6, 6.07) is 23.6. The quantitative estimate of drug-likeness (QED) is 0.294. The fourth-order valence-corrected chi connectivity index (χ4v) is 3.92. The molecule has 4 aromatic rings. The van der Waals surface area contributed by atoms with Crippen molar-refractivity contribution in [2.24, 2.45) is 0 Å². The Kier molecular flexibility index (Phi) is 7.34. The summed E-state index contributed by atoms with van der Waals surface area (Å²) in [5.74, 6) is -1.22. The van der Waals surface area contributed by atoms with Crippen LogP contribution >= 0.6 is 11.8 Å². The highest BCUT2D eigenvalue weighted by molar-refractivity contribution is 7.99. The molecule has 0 fully saturated rings. The van der Waals surface area contributed by atoms with E-state index >= 15 is 0 Å². The van der Waals surface area contributed by atoms with Crippen molar-refractivity contribution in [3.8, 4) is 17.1 Å². The van der Waals surface area contributed by atoms with E-state index in [4.69, 9.17) is 4.74 Å². The number of hydrogen-bond acceptors (Lipinski definition) is 6. The van der Waals surface area contributed by atoms with Gasteiger partial charge in [-0.15, -0.1) is 10.2 Å². The number of carbonyl (C=O) groups excluding carboxylic acids is 2. The Balaban J connectivity index is 1.40. The highest BCUT2D eigenvalue weighted by atomic mass is 32.2. The summed E-state index contributed by atoms with van der Waals surface area (Å²) in [7, 11) is 0. The number of aryl methyl sites for hydroxylation is 1. The SMILES string of the molecule is Cc1ccc(NC(=O)COC(=O)CSc2nnc(-c3ccccc3)n2-c2ccccc2)c(F)c1. The molecule has 0 spiro atoms. The molecule has 0 saturated heterocycles. The van der Waals surface area contributed by atoms with Crippen molar-refractivity contribution in [3.05, 3.63) is 90.2 Å². The molecule has 4 rings (SSSR count). The van der Waals surface area contributed by atoms with Gasteiger partial charge in [-0.2, -0.15) is 0 Å². The molecule has 0 radical (unpaired) electrons. The zero-order chi connectivity index (χ0) is 23.9. The van der Waals surface area contributed by atoms with Crippen LogP contribution in [0.15, 0.2) is 84.0 Å². The van der Waals surface area contributed by atoms with Gasteiger partial charge in [0, 0.05) is 11.3 Å². The minimum Gasteiger partial charge on any atom is -0.455 e. The van der Waals surface area contributed by atoms with E-state index in [2.05, 4.69) is 15.5 Å². The molecule has 0 unspecified atom stereocenters. The summed E-state index contributed by atoms with van der Waals surface area (Å²) in [5.41, 5.74) is 2.50. The maximum Gasteiger partial charge on any atom is 0.316 e. The standard InChI is InChI=1S/C25H21FN4O3S/c1-17-12-13-21(20(26)14-17)27-22(31)15-33-23(32)16-34-25-29-28-24(18-8-4-2-5-9-18)30(25)19-10-6-3-7-11-19/h2-14H,15-16H2,1H3,(H,27,31). The van der Waals surface area contributed by atoms with Gasteiger partial charge in [-0.3, -0.25) is 14.2 Å². The average molecular weight is 477 g/mol. The van der Waals surface area contributed by atoms with Gasteiger partial charge < -0.3 is 10.1 Å². The number of carbonyl (C=O) groups is 2. The second-order valence-electron chi connectivity index (χ2n) is 7.32. The average Bonchev–Trinajstić information content (AvgIpc) is 3.28. The van der Waals surface area contributed by atoms with E-state index in [9.17, 15) is 14.0 Å². The minimum absolute atomic E-state index is 0.0328. The lowest BCUT2D eigenvalue weighted by Gasteiger charge is -2.10. The predicted octanol–water partition coefficient (Wildman–Crippen LogP) is 4.66. The number of hydrogen-bond donors (Lipinski definition) is 1. The molecule has 1 N–H and O–H groups in total. The van der Waals surface area contributed by atoms with Crippen molar-refractivity contribution in [3.63, 3.8) is 0 Å². The van der Waals surface area contributed by atoms with E-state index in [1.165, 1.54) is 12.1 Å². The molecule has 34 heavy (non-hydrogen) atoms. The Morgan fingerprint density at radius 3 is 2.41 bits per heavy atom. The predicted molar refractivity (Wildman–Crippen MR) is 128 cm³/mol. The summed E-state index contributed by atoms with van der Waals surface area (Å²) in [5, 5.41) is 11.5. The van der Waals surface area contributed by atoms with E-state index in [0.29, 0.717) is 11.0 Å². The van der Waals surface area contributed by atoms with Crippen LogP contribution in [0.4, 0.5) is 10.1 Å². The third-order valence-corrected chi connectivity index (χ3v) is 5.66. The van der Waals surface area contributed by atoms with Crippen LogP contribution in [-0.2, 0) is 14.3 Å². The Morgan fingerprint density at radius 1 is 1.00 bits per heavy atom. The van der Waals surface area contributed by atoms with E-state index in [1.807, 2.05) is 65.2 Å². The van der Waals surface area contributed by atoms with Crippen LogP contribution in [0.1, 0.15) is 5.56 Å². The lowest BCUT2D eigenvalue weighted by molar-refractivity contribution is -0.144. The normalized spacial score (nSPS) is 10.6. The fourth-order valence-electron chi connectivity index (χ4n) is 3.17. The summed E-state index contributed by atoms with van der Waals surface area (Å²) in [6.07, 6.45) is 0. The smallest absolute Gasteiger partial charge is 0.316 e. The maximum absolute atomic E-state index is 13.9. The molecule has 1 aromatic heterocycles. The van der Waals surface area contributed by atoms with Crippen molar-refractivity contribution in [2.45, 2.75) is 12.1 Å². The molecule has 3 aromatic carbocycles. The van der Waals surface area contributed by atoms with Gasteiger partial charge in [0.05, 0.1) is 11.4 Å². The number of nitrogens with one attached hydrogen (secondary N) is 1. The molecule has 0 bridgehead atoms. The molecule has 0 saturated carbocycles. The van der Waals surface area contributed by atoms with E-state index in [0.717, 1.165) is 28.6 Å². The van der Waals surface area contributed by atoms with Gasteiger partial charge in [0.1, 0.15) is 5.82 Å². The van der Waals surface area contributed by atoms with Gasteiger partial charge in [0.25, 0.3) is 5.91 Å². The molecule has 0 aliphatic heterocycles. The number of halogens is 1. The summed E-state index contributed by atoms with van der Waals surface area (Å²) in [6.45, 7) is 1.23. The van der Waals surface area contributed by atoms with Crippen LogP contribution < -0.4 is 5.32 Å². The molecule has 9 heteroatoms. The Morgan fingerprint density at radius 2 is 1.71 bits per heavy atom. The fraction of sp³-hybridized carbons (Fsp3) is 0.120. The second kappa shape index (κ2) is 10.8. The largest absolute Gasteiger partial charge is 0.455 e. The number of benzene rings is 3. The van der Waals surface area contributed by atoms with Gasteiger partial charge in [-0.1, -0.05) is 66.4 Å². The lowest BCUT2D eigenvalue weighted by atomic mass is 10.2. The Labute approximate surface area is 200 Å². The number of aromatic nitrogens is 3. The van der Waals surface area contributed by atoms with Gasteiger partial charge in [0.2, 0.25) is 0 Å². The van der Waals surface area contributed by atoms with Crippen LogP contribution in [0.3, 0.4) is 0 Å². The zero-order valence-corrected chi connectivity index (χ0v) is 19.1. The van der Waals surface area contributed by atoms with E-state index in [-0.39, 0.29) is 11.4 Å². The second-order valence-corrected chi connectivity index (χ2v) is 8.27. The Hall–Kier alpha value is -3.98. The van der Waals surface area contributed by atoms with Gasteiger partial charge in [-0.25, -0.2) is 4.39 Å². The molecule has 1 amide bonds. The van der Waals surface area contributed by atoms with Crippen molar-refractivity contribution in [1.82, 2.24) is 14.8 Å². The van der Waals surface area contributed by atoms with Crippen LogP contribution in [0, 0.1) is 12.7 Å². The first-order chi connectivity index (χ1) is 16.5. The van der Waals surface area contributed by atoms with Crippen molar-refractivity contribution >= 4 is 29.3 Å². The van der Waals surface area contributed by atoms with Gasteiger partial charge in [0.15, 0.2) is 17.6 Å². The first-order valence-electron chi connectivity index (χ1n) is 10.4. The highest BCUT2D eigenvalue weighted by Crippen LogP contribution is 2.27. The third-order valence-electron chi connectivity index (χ3n) is 4.76. The first kappa shape index (κ1) is 23.2. The molecule has 0 atom stereocenters. The summed E-state index contributed by atoms with van der Waals surface area (Å²) < 4.78 is 20.8. The monoisotopic (exact) mass is 476 g/mol. The van der Waals surface area contributed by atoms with Crippen LogP contribution in [0.5, 0.6) is 0 Å². The minimum atomic E-state index is -0.625. The number of rotatable bonds is 8. The molecular weight excluding hydrogens is 455 g/mol. The summed E-state index contributed by atoms with van der Waals surface area (Å²) >= 11 is 1.15. The van der Waals surface area contributed by atoms with Crippen LogP contribution in [0.2, 0.25) is 0 Å². The van der Waals surface area contributed by atoms with Gasteiger partial charge >= 0.3 is 5.97 Å². The molecular formula is C25H21FN4O3S. The molecule has 0 aliphatic rings. The lowest BCUT2D eigenvalue weighted by Crippen LogP contribution is -2.22. The zero-order valence-electron chi connectivity index (χ0n) is 18.3. The number of thioether (sulfide) groups is 1. The maximum atomic E-state index is 13.9. The number of anilines is 1. The highest BCUT2D eigenvalue weighted by Gasteiger charge is 2.18. The molecule has 1 heterocycles. The van der Waals surface area contributed by atoms with Gasteiger partial charge in [-0.05, 0) is 36.8 Å². The molecule has 7 nitrogen and oxygen atoms in total. The third kappa shape index (κ3) is 5.68. The van der Waals surface area contributed by atoms with E-state index in [1.54, 1.807) is 13.0 Å². The number of esters is 1. The van der Waals surface area contributed by atoms with Crippen LogP contribution in [-0.4, -0.2) is 39.0 Å². The Bertz CT molecular complexity index is 1300. The number of nitrogens with zero attached hydrogens (tertiary/aromatic N) is 3. The van der Waals surface area contributed by atoms with Crippen molar-refractivity contribution in [2.75, 3.05) is 17.7 Å². The van der Waals surface area contributed by atoms with Crippen LogP contribution in [0.25, 0.3) is 17.1 Å². The van der Waals surface area contributed by atoms with Crippen molar-refractivity contribution < 1.29 is 18.7 Å². The number of para-hydroxylation sites is 1. The number of amides is 1. The molecule has 0 aliphatic carbocycles. The van der Waals surface area contributed by atoms with Crippen molar-refractivity contribution in [1.29, 1.82) is 0 Å². The van der Waals surface area contributed by atoms with E-state index < -0.39 is 24.3 Å². The first-order valence-corrected chi connectivity index (χ1v) is 11.4. The summed E-state index contributed by atoms with van der Waals surface area (Å²) in [4.78, 5) is 24.3.